The van der Waals surface area contributed by atoms with Crippen LogP contribution in [-0.4, -0.2) is 46.3 Å². The summed E-state index contributed by atoms with van der Waals surface area (Å²) >= 11 is 8.38. The van der Waals surface area contributed by atoms with E-state index in [0.717, 1.165) is 38.2 Å². The minimum Gasteiger partial charge on any atom is -0.386 e. The highest BCUT2D eigenvalue weighted by atomic mass is 79.9. The van der Waals surface area contributed by atoms with Gasteiger partial charge in [-0.3, -0.25) is 4.79 Å². The first-order chi connectivity index (χ1) is 18.5. The molecule has 0 spiro atoms. The zero-order valence-corrected chi connectivity index (χ0v) is 22.9. The highest BCUT2D eigenvalue weighted by Crippen LogP contribution is 2.36. The summed E-state index contributed by atoms with van der Waals surface area (Å²) in [6.07, 6.45) is 1.89. The van der Waals surface area contributed by atoms with Gasteiger partial charge in [-0.15, -0.1) is 0 Å². The molecule has 0 aliphatic carbocycles. The van der Waals surface area contributed by atoms with E-state index in [1.54, 1.807) is 21.7 Å². The van der Waals surface area contributed by atoms with Crippen LogP contribution in [0.1, 0.15) is 17.4 Å². The second-order valence-corrected chi connectivity index (χ2v) is 9.90. The first-order valence-electron chi connectivity index (χ1n) is 12.0. The standard InChI is InChI=1S/C28H25BrFN5O2S/c1-31-25-14-18(2-11-24(25)32-17-38)12-13-34-26(36)16-37-28(34)23-15-35(22-9-5-20(29)6-10-22)33-27(23)19-3-7-21(30)8-4-19/h2-11,14-15,17,28,31H,12-13,16H2,1H3,(H,32,38). The van der Waals surface area contributed by atoms with Crippen molar-refractivity contribution in [2.75, 3.05) is 30.8 Å². The van der Waals surface area contributed by atoms with Crippen molar-refractivity contribution in [3.8, 4) is 16.9 Å². The largest absolute Gasteiger partial charge is 0.386 e. The molecule has 10 heteroatoms. The molecule has 0 bridgehead atoms. The lowest BCUT2D eigenvalue weighted by Gasteiger charge is -2.23. The molecule has 1 aliphatic heterocycles. The Balaban J connectivity index is 1.46. The molecule has 3 aromatic carbocycles. The van der Waals surface area contributed by atoms with Crippen LogP contribution in [0.4, 0.5) is 15.8 Å². The second kappa shape index (κ2) is 11.4. The van der Waals surface area contributed by atoms with E-state index in [4.69, 9.17) is 22.1 Å². The van der Waals surface area contributed by atoms with Crippen molar-refractivity contribution in [1.29, 1.82) is 0 Å². The first kappa shape index (κ1) is 26.0. The molecular weight excluding hydrogens is 569 g/mol. The van der Waals surface area contributed by atoms with E-state index in [1.165, 1.54) is 17.6 Å². The maximum absolute atomic E-state index is 13.7. The molecule has 1 aliphatic rings. The molecule has 1 unspecified atom stereocenters. The van der Waals surface area contributed by atoms with Crippen molar-refractivity contribution in [2.45, 2.75) is 12.6 Å². The third-order valence-electron chi connectivity index (χ3n) is 6.39. The first-order valence-corrected chi connectivity index (χ1v) is 13.3. The van der Waals surface area contributed by atoms with Gasteiger partial charge in [0.1, 0.15) is 18.1 Å². The topological polar surface area (TPSA) is 71.4 Å². The molecule has 1 amide bonds. The summed E-state index contributed by atoms with van der Waals surface area (Å²) in [4.78, 5) is 14.7. The number of anilines is 2. The van der Waals surface area contributed by atoms with E-state index in [0.29, 0.717) is 18.7 Å². The Morgan fingerprint density at radius 3 is 2.61 bits per heavy atom. The number of hydrogen-bond donors (Lipinski definition) is 2. The lowest BCUT2D eigenvalue weighted by Crippen LogP contribution is -2.30. The Morgan fingerprint density at radius 1 is 1.13 bits per heavy atom. The van der Waals surface area contributed by atoms with Crippen LogP contribution in [0.2, 0.25) is 0 Å². The van der Waals surface area contributed by atoms with Crippen molar-refractivity contribution in [3.05, 3.63) is 94.3 Å². The van der Waals surface area contributed by atoms with Crippen LogP contribution >= 0.6 is 28.1 Å². The Hall–Kier alpha value is -3.60. The monoisotopic (exact) mass is 593 g/mol. The maximum atomic E-state index is 13.7. The van der Waals surface area contributed by atoms with Gasteiger partial charge in [0.05, 0.1) is 22.6 Å². The Bertz CT molecular complexity index is 1460. The van der Waals surface area contributed by atoms with Crippen molar-refractivity contribution < 1.29 is 13.9 Å². The number of thiocarbonyl (C=S) groups is 1. The number of hydrogen-bond acceptors (Lipinski definition) is 5. The van der Waals surface area contributed by atoms with Crippen LogP contribution in [0, 0.1) is 5.82 Å². The molecule has 2 heterocycles. The van der Waals surface area contributed by atoms with Gasteiger partial charge in [0.2, 0.25) is 0 Å². The number of nitrogens with zero attached hydrogens (tertiary/aromatic N) is 3. The van der Waals surface area contributed by atoms with Gasteiger partial charge in [0.25, 0.3) is 5.91 Å². The number of nitrogens with one attached hydrogen (secondary N) is 2. The molecule has 1 atom stereocenters. The van der Waals surface area contributed by atoms with Gasteiger partial charge in [-0.05, 0) is 72.6 Å². The number of carbonyl (C=O) groups excluding carboxylic acids is 1. The summed E-state index contributed by atoms with van der Waals surface area (Å²) in [5, 5.41) is 11.0. The van der Waals surface area contributed by atoms with Crippen LogP contribution < -0.4 is 10.6 Å². The van der Waals surface area contributed by atoms with Crippen LogP contribution in [0.3, 0.4) is 0 Å². The van der Waals surface area contributed by atoms with Gasteiger partial charge in [0.15, 0.2) is 6.23 Å². The van der Waals surface area contributed by atoms with E-state index in [-0.39, 0.29) is 18.3 Å². The van der Waals surface area contributed by atoms with Gasteiger partial charge < -0.3 is 20.3 Å². The van der Waals surface area contributed by atoms with Gasteiger partial charge >= 0.3 is 0 Å². The molecule has 194 valence electrons. The fourth-order valence-corrected chi connectivity index (χ4v) is 4.86. The van der Waals surface area contributed by atoms with Crippen LogP contribution in [0.25, 0.3) is 16.9 Å². The van der Waals surface area contributed by atoms with Crippen molar-refractivity contribution >= 4 is 50.9 Å². The van der Waals surface area contributed by atoms with E-state index in [1.807, 2.05) is 55.7 Å². The Labute approximate surface area is 233 Å². The fraction of sp³-hybridized carbons (Fsp3) is 0.179. The molecular formula is C28H25BrFN5O2S. The summed E-state index contributed by atoms with van der Waals surface area (Å²) < 4.78 is 22.4. The van der Waals surface area contributed by atoms with Gasteiger partial charge in [0, 0.05) is 35.4 Å². The molecule has 1 fully saturated rings. The second-order valence-electron chi connectivity index (χ2n) is 8.75. The van der Waals surface area contributed by atoms with Crippen molar-refractivity contribution in [2.24, 2.45) is 0 Å². The fourth-order valence-electron chi connectivity index (χ4n) is 4.47. The molecule has 7 nitrogen and oxygen atoms in total. The summed E-state index contributed by atoms with van der Waals surface area (Å²) in [5.74, 6) is -0.423. The molecule has 1 aromatic heterocycles. The van der Waals surface area contributed by atoms with Gasteiger partial charge in [-0.1, -0.05) is 34.2 Å². The number of amides is 1. The van der Waals surface area contributed by atoms with Crippen molar-refractivity contribution in [1.82, 2.24) is 14.7 Å². The number of rotatable bonds is 9. The average molecular weight is 595 g/mol. The molecule has 38 heavy (non-hydrogen) atoms. The SMILES string of the molecule is CNc1cc(CCN2C(=O)COC2c2cn(-c3ccc(Br)cc3)nc2-c2ccc(F)cc2)ccc1NC=S. The van der Waals surface area contributed by atoms with E-state index in [2.05, 4.69) is 26.6 Å². The van der Waals surface area contributed by atoms with E-state index < -0.39 is 6.23 Å². The summed E-state index contributed by atoms with van der Waals surface area (Å²) in [5.41, 5.74) is 7.28. The lowest BCUT2D eigenvalue weighted by atomic mass is 10.1. The third-order valence-corrected chi connectivity index (χ3v) is 7.04. The molecule has 4 aromatic rings. The minimum atomic E-state index is -0.619. The highest BCUT2D eigenvalue weighted by molar-refractivity contribution is 9.10. The number of benzene rings is 3. The predicted molar refractivity (Wildman–Crippen MR) is 154 cm³/mol. The summed E-state index contributed by atoms with van der Waals surface area (Å²) in [6.45, 7) is 0.440. The molecule has 0 radical (unpaired) electrons. The summed E-state index contributed by atoms with van der Waals surface area (Å²) in [6, 6.07) is 19.9. The Morgan fingerprint density at radius 2 is 1.89 bits per heavy atom. The normalized spacial score (nSPS) is 15.1. The highest BCUT2D eigenvalue weighted by Gasteiger charge is 2.36. The summed E-state index contributed by atoms with van der Waals surface area (Å²) in [7, 11) is 1.85. The van der Waals surface area contributed by atoms with E-state index in [9.17, 15) is 9.18 Å². The van der Waals surface area contributed by atoms with Crippen molar-refractivity contribution in [3.63, 3.8) is 0 Å². The number of aromatic nitrogens is 2. The van der Waals surface area contributed by atoms with Crippen LogP contribution in [0.5, 0.6) is 0 Å². The molecule has 1 saturated heterocycles. The molecule has 0 saturated carbocycles. The van der Waals surface area contributed by atoms with Crippen LogP contribution in [-0.2, 0) is 16.0 Å². The number of carbonyl (C=O) groups is 1. The van der Waals surface area contributed by atoms with Crippen LogP contribution in [0.15, 0.2) is 77.4 Å². The molecule has 2 N–H and O–H groups in total. The zero-order valence-electron chi connectivity index (χ0n) is 20.5. The lowest BCUT2D eigenvalue weighted by molar-refractivity contribution is -0.128. The zero-order chi connectivity index (χ0) is 26.6. The quantitative estimate of drug-likeness (QED) is 0.234. The predicted octanol–water partition coefficient (Wildman–Crippen LogP) is 5.95. The third kappa shape index (κ3) is 5.47. The van der Waals surface area contributed by atoms with Gasteiger partial charge in [-0.25, -0.2) is 9.07 Å². The maximum Gasteiger partial charge on any atom is 0.250 e. The van der Waals surface area contributed by atoms with E-state index >= 15 is 0 Å². The van der Waals surface area contributed by atoms with Gasteiger partial charge in [-0.2, -0.15) is 5.10 Å². The minimum absolute atomic E-state index is 0.0176. The smallest absolute Gasteiger partial charge is 0.250 e. The Kier molecular flexibility index (Phi) is 7.82. The number of halogens is 2. The number of ether oxygens (including phenoxy) is 1. The average Bonchev–Trinajstić information content (AvgIpc) is 3.52. The molecule has 5 rings (SSSR count).